The fourth-order valence-electron chi connectivity index (χ4n) is 2.76. The molecule has 0 spiro atoms. The van der Waals surface area contributed by atoms with E-state index in [-0.39, 0.29) is 6.09 Å². The van der Waals surface area contributed by atoms with E-state index in [1.165, 1.54) is 0 Å². The third-order valence-electron chi connectivity index (χ3n) is 4.17. The largest absolute Gasteiger partial charge is 0.450 e. The molecule has 7 nitrogen and oxygen atoms in total. The smallest absolute Gasteiger partial charge is 0.409 e. The molecule has 1 saturated heterocycles. The van der Waals surface area contributed by atoms with Crippen LogP contribution in [0.5, 0.6) is 0 Å². The Kier molecular flexibility index (Phi) is 8.15. The van der Waals surface area contributed by atoms with Gasteiger partial charge in [0.05, 0.1) is 23.9 Å². The first-order valence-electron chi connectivity index (χ1n) is 9.44. The van der Waals surface area contributed by atoms with Crippen LogP contribution in [0.2, 0.25) is 0 Å². The van der Waals surface area contributed by atoms with Crippen LogP contribution in [-0.2, 0) is 11.3 Å². The summed E-state index contributed by atoms with van der Waals surface area (Å²) in [6.07, 6.45) is 1.56. The van der Waals surface area contributed by atoms with Crippen LogP contribution in [0.25, 0.3) is 0 Å². The molecule has 1 aliphatic rings. The summed E-state index contributed by atoms with van der Waals surface area (Å²) in [5.74, 6) is 1.26. The number of thiazole rings is 1. The average Bonchev–Trinajstić information content (AvgIpc) is 3.10. The van der Waals surface area contributed by atoms with Crippen molar-refractivity contribution in [2.75, 3.05) is 26.2 Å². The predicted molar refractivity (Wildman–Crippen MR) is 106 cm³/mol. The number of rotatable bonds is 6. The zero-order valence-corrected chi connectivity index (χ0v) is 17.1. The van der Waals surface area contributed by atoms with Gasteiger partial charge in [0.1, 0.15) is 0 Å². The molecular formula is C18H31N5O2S. The van der Waals surface area contributed by atoms with E-state index in [1.54, 1.807) is 16.2 Å². The topological polar surface area (TPSA) is 78.9 Å². The number of hydrogen-bond acceptors (Lipinski definition) is 5. The van der Waals surface area contributed by atoms with Crippen LogP contribution in [0.15, 0.2) is 10.4 Å². The summed E-state index contributed by atoms with van der Waals surface area (Å²) in [6.45, 7) is 11.4. The Morgan fingerprint density at radius 2 is 2.15 bits per heavy atom. The van der Waals surface area contributed by atoms with Crippen LogP contribution in [0.3, 0.4) is 0 Å². The Labute approximate surface area is 160 Å². The van der Waals surface area contributed by atoms with Gasteiger partial charge in [-0.1, -0.05) is 13.8 Å². The summed E-state index contributed by atoms with van der Waals surface area (Å²) >= 11 is 1.69. The van der Waals surface area contributed by atoms with E-state index in [0.29, 0.717) is 38.2 Å². The molecule has 1 aliphatic heterocycles. The van der Waals surface area contributed by atoms with Gasteiger partial charge in [-0.2, -0.15) is 0 Å². The first-order valence-corrected chi connectivity index (χ1v) is 10.3. The van der Waals surface area contributed by atoms with Crippen molar-refractivity contribution in [1.82, 2.24) is 20.5 Å². The van der Waals surface area contributed by atoms with Gasteiger partial charge < -0.3 is 20.3 Å². The Balaban J connectivity index is 1.86. The van der Waals surface area contributed by atoms with Gasteiger partial charge in [0.15, 0.2) is 5.96 Å². The lowest BCUT2D eigenvalue weighted by Gasteiger charge is -2.32. The minimum absolute atomic E-state index is 0.212. The van der Waals surface area contributed by atoms with Gasteiger partial charge in [-0.25, -0.2) is 14.8 Å². The molecule has 1 amide bonds. The lowest BCUT2D eigenvalue weighted by molar-refractivity contribution is 0.0963. The Morgan fingerprint density at radius 3 is 2.73 bits per heavy atom. The van der Waals surface area contributed by atoms with E-state index < -0.39 is 0 Å². The van der Waals surface area contributed by atoms with Crippen molar-refractivity contribution in [3.05, 3.63) is 16.1 Å². The van der Waals surface area contributed by atoms with E-state index >= 15 is 0 Å². The molecule has 0 aliphatic carbocycles. The first kappa shape index (κ1) is 20.5. The lowest BCUT2D eigenvalue weighted by Crippen LogP contribution is -2.49. The summed E-state index contributed by atoms with van der Waals surface area (Å²) in [6, 6.07) is 0.306. The molecule has 146 valence electrons. The van der Waals surface area contributed by atoms with Crippen LogP contribution < -0.4 is 10.6 Å². The number of nitrogens with one attached hydrogen (secondary N) is 2. The standard InChI is InChI=1S/C18H31N5O2S/c1-5-19-17(20-11-15-12-26-16(21-15)13(3)4)22-14-7-9-23(10-8-14)18(24)25-6-2/h12-14H,5-11H2,1-4H3,(H2,19,20,22). The summed E-state index contributed by atoms with van der Waals surface area (Å²) < 4.78 is 5.07. The van der Waals surface area contributed by atoms with Gasteiger partial charge in [-0.05, 0) is 26.7 Å². The number of aliphatic imine (C=N–C) groups is 1. The van der Waals surface area contributed by atoms with Gasteiger partial charge in [0.25, 0.3) is 0 Å². The van der Waals surface area contributed by atoms with E-state index in [2.05, 4.69) is 46.8 Å². The zero-order valence-electron chi connectivity index (χ0n) is 16.2. The van der Waals surface area contributed by atoms with Crippen LogP contribution >= 0.6 is 11.3 Å². The third-order valence-corrected chi connectivity index (χ3v) is 5.36. The number of nitrogens with zero attached hydrogens (tertiary/aromatic N) is 3. The zero-order chi connectivity index (χ0) is 18.9. The highest BCUT2D eigenvalue weighted by Gasteiger charge is 2.24. The minimum Gasteiger partial charge on any atom is -0.450 e. The minimum atomic E-state index is -0.212. The number of hydrogen-bond donors (Lipinski definition) is 2. The van der Waals surface area contributed by atoms with E-state index in [1.807, 2.05) is 6.92 Å². The Hall–Kier alpha value is -1.83. The molecule has 0 atom stereocenters. The average molecular weight is 382 g/mol. The monoisotopic (exact) mass is 381 g/mol. The third kappa shape index (κ3) is 6.16. The molecule has 0 radical (unpaired) electrons. The molecule has 0 bridgehead atoms. The maximum absolute atomic E-state index is 11.8. The van der Waals surface area contributed by atoms with Crippen LogP contribution in [0, 0.1) is 0 Å². The van der Waals surface area contributed by atoms with Gasteiger partial charge >= 0.3 is 6.09 Å². The number of carbonyl (C=O) groups excluding carboxylic acids is 1. The second-order valence-electron chi connectivity index (χ2n) is 6.63. The van der Waals surface area contributed by atoms with Crippen molar-refractivity contribution in [1.29, 1.82) is 0 Å². The Bertz CT molecular complexity index is 594. The van der Waals surface area contributed by atoms with E-state index in [4.69, 9.17) is 4.74 Å². The van der Waals surface area contributed by atoms with Crippen LogP contribution in [0.1, 0.15) is 57.2 Å². The highest BCUT2D eigenvalue weighted by Crippen LogP contribution is 2.19. The maximum Gasteiger partial charge on any atom is 0.409 e. The van der Waals surface area contributed by atoms with Crippen molar-refractivity contribution in [2.45, 2.75) is 59.0 Å². The Morgan fingerprint density at radius 1 is 1.42 bits per heavy atom. The number of amides is 1. The second-order valence-corrected chi connectivity index (χ2v) is 7.52. The summed E-state index contributed by atoms with van der Waals surface area (Å²) in [4.78, 5) is 22.9. The van der Waals surface area contributed by atoms with Crippen molar-refractivity contribution in [2.24, 2.45) is 4.99 Å². The van der Waals surface area contributed by atoms with Crippen LogP contribution in [-0.4, -0.2) is 54.2 Å². The number of guanidine groups is 1. The van der Waals surface area contributed by atoms with Crippen molar-refractivity contribution in [3.8, 4) is 0 Å². The fourth-order valence-corrected chi connectivity index (χ4v) is 3.58. The summed E-state index contributed by atoms with van der Waals surface area (Å²) in [5, 5.41) is 10.0. The number of carbonyl (C=O) groups is 1. The summed E-state index contributed by atoms with van der Waals surface area (Å²) in [7, 11) is 0. The van der Waals surface area contributed by atoms with E-state index in [9.17, 15) is 4.79 Å². The lowest BCUT2D eigenvalue weighted by atomic mass is 10.1. The summed E-state index contributed by atoms with van der Waals surface area (Å²) in [5.41, 5.74) is 1.01. The van der Waals surface area contributed by atoms with Gasteiger partial charge in [0.2, 0.25) is 0 Å². The number of piperidine rings is 1. The molecule has 1 aromatic heterocycles. The number of aromatic nitrogens is 1. The van der Waals surface area contributed by atoms with Crippen molar-refractivity contribution < 1.29 is 9.53 Å². The van der Waals surface area contributed by atoms with Crippen molar-refractivity contribution >= 4 is 23.4 Å². The van der Waals surface area contributed by atoms with E-state index in [0.717, 1.165) is 36.0 Å². The molecule has 26 heavy (non-hydrogen) atoms. The van der Waals surface area contributed by atoms with Gasteiger partial charge in [-0.15, -0.1) is 11.3 Å². The van der Waals surface area contributed by atoms with Crippen molar-refractivity contribution in [3.63, 3.8) is 0 Å². The highest BCUT2D eigenvalue weighted by molar-refractivity contribution is 7.09. The van der Waals surface area contributed by atoms with Gasteiger partial charge in [0, 0.05) is 37.0 Å². The first-order chi connectivity index (χ1) is 12.5. The molecule has 0 saturated carbocycles. The maximum atomic E-state index is 11.8. The second kappa shape index (κ2) is 10.4. The quantitative estimate of drug-likeness (QED) is 0.585. The normalized spacial score (nSPS) is 16.0. The predicted octanol–water partition coefficient (Wildman–Crippen LogP) is 2.94. The highest BCUT2D eigenvalue weighted by atomic mass is 32.1. The molecule has 2 heterocycles. The molecule has 0 aromatic carbocycles. The number of likely N-dealkylation sites (tertiary alicyclic amines) is 1. The molecular weight excluding hydrogens is 350 g/mol. The SMILES string of the molecule is CCNC(=NCc1csc(C(C)C)n1)NC1CCN(C(=O)OCC)CC1. The molecule has 2 rings (SSSR count). The number of ether oxygens (including phenoxy) is 1. The van der Waals surface area contributed by atoms with Gasteiger partial charge in [-0.3, -0.25) is 0 Å². The fraction of sp³-hybridized carbons (Fsp3) is 0.722. The molecule has 2 N–H and O–H groups in total. The molecule has 1 fully saturated rings. The molecule has 1 aromatic rings. The molecule has 8 heteroatoms. The van der Waals surface area contributed by atoms with Crippen LogP contribution in [0.4, 0.5) is 4.79 Å². The molecule has 0 unspecified atom stereocenters.